The molecule has 0 saturated carbocycles. The number of esters is 1. The van der Waals surface area contributed by atoms with Crippen molar-refractivity contribution in [1.29, 1.82) is 0 Å². The number of carbonyl (C=O) groups is 1. The van der Waals surface area contributed by atoms with Crippen molar-refractivity contribution in [2.24, 2.45) is 0 Å². The molecule has 18 heavy (non-hydrogen) atoms. The molecule has 1 heterocycles. The van der Waals surface area contributed by atoms with Gasteiger partial charge < -0.3 is 9.84 Å². The van der Waals surface area contributed by atoms with E-state index in [1.54, 1.807) is 0 Å². The van der Waals surface area contributed by atoms with Crippen LogP contribution in [0.5, 0.6) is 0 Å². The Kier molecular flexibility index (Phi) is 6.60. The number of methoxy groups -OCH3 is 1. The van der Waals surface area contributed by atoms with Gasteiger partial charge in [0.2, 0.25) is 0 Å². The highest BCUT2D eigenvalue weighted by Crippen LogP contribution is 2.11. The largest absolute Gasteiger partial charge is 0.469 e. The normalized spacial score (nSPS) is 23.9. The van der Waals surface area contributed by atoms with Crippen LogP contribution in [-0.2, 0) is 9.53 Å². The van der Waals surface area contributed by atoms with Crippen LogP contribution in [0, 0.1) is 0 Å². The molecule has 1 aliphatic heterocycles. The quantitative estimate of drug-likeness (QED) is 0.696. The van der Waals surface area contributed by atoms with Gasteiger partial charge in [-0.05, 0) is 13.3 Å². The highest BCUT2D eigenvalue weighted by Gasteiger charge is 2.24. The maximum atomic E-state index is 11.1. The Labute approximate surface area is 110 Å². The predicted octanol–water partition coefficient (Wildman–Crippen LogP) is 0.327. The number of ether oxygens (including phenoxy) is 1. The summed E-state index contributed by atoms with van der Waals surface area (Å²) in [7, 11) is 1.43. The van der Waals surface area contributed by atoms with Crippen molar-refractivity contribution in [3.05, 3.63) is 0 Å². The first-order valence-corrected chi connectivity index (χ1v) is 6.78. The zero-order valence-electron chi connectivity index (χ0n) is 11.8. The summed E-state index contributed by atoms with van der Waals surface area (Å²) < 4.78 is 4.65. The number of carbonyl (C=O) groups excluding carboxylic acids is 1. The van der Waals surface area contributed by atoms with E-state index in [-0.39, 0.29) is 12.1 Å². The van der Waals surface area contributed by atoms with Crippen molar-refractivity contribution < 1.29 is 14.6 Å². The molecule has 0 spiro atoms. The van der Waals surface area contributed by atoms with Crippen LogP contribution in [-0.4, -0.2) is 72.9 Å². The van der Waals surface area contributed by atoms with Gasteiger partial charge >= 0.3 is 5.97 Å². The SMILES string of the molecule is CC[C@@H](O)CN1CCN(CCC(=O)OC)CC1C. The topological polar surface area (TPSA) is 53.0 Å². The number of β-amino-alcohol motifs (C(OH)–C–C–N with tert-alkyl or cyclic N) is 1. The molecule has 1 unspecified atom stereocenters. The van der Waals surface area contributed by atoms with Gasteiger partial charge in [-0.3, -0.25) is 14.6 Å². The summed E-state index contributed by atoms with van der Waals surface area (Å²) in [5.41, 5.74) is 0. The lowest BCUT2D eigenvalue weighted by Gasteiger charge is -2.40. The van der Waals surface area contributed by atoms with Crippen molar-refractivity contribution in [2.45, 2.75) is 38.8 Å². The predicted molar refractivity (Wildman–Crippen MR) is 70.4 cm³/mol. The van der Waals surface area contributed by atoms with E-state index in [4.69, 9.17) is 0 Å². The molecular weight excluding hydrogens is 232 g/mol. The lowest BCUT2D eigenvalue weighted by atomic mass is 10.1. The summed E-state index contributed by atoms with van der Waals surface area (Å²) in [6.45, 7) is 8.56. The van der Waals surface area contributed by atoms with Gasteiger partial charge in [-0.1, -0.05) is 6.92 Å². The molecule has 5 nitrogen and oxygen atoms in total. The van der Waals surface area contributed by atoms with Gasteiger partial charge in [-0.25, -0.2) is 0 Å². The fraction of sp³-hybridized carbons (Fsp3) is 0.923. The van der Waals surface area contributed by atoms with Crippen LogP contribution in [0.1, 0.15) is 26.7 Å². The van der Waals surface area contributed by atoms with Gasteiger partial charge in [0, 0.05) is 38.8 Å². The van der Waals surface area contributed by atoms with E-state index in [2.05, 4.69) is 21.5 Å². The van der Waals surface area contributed by atoms with Gasteiger partial charge in [0.1, 0.15) is 0 Å². The van der Waals surface area contributed by atoms with E-state index in [0.29, 0.717) is 12.5 Å². The van der Waals surface area contributed by atoms with Crippen LogP contribution < -0.4 is 0 Å². The van der Waals surface area contributed by atoms with Crippen LogP contribution in [0.25, 0.3) is 0 Å². The van der Waals surface area contributed by atoms with Gasteiger partial charge in [-0.15, -0.1) is 0 Å². The third kappa shape index (κ3) is 4.92. The Morgan fingerprint density at radius 1 is 1.50 bits per heavy atom. The third-order valence-corrected chi connectivity index (χ3v) is 3.63. The minimum absolute atomic E-state index is 0.147. The second-order valence-electron chi connectivity index (χ2n) is 5.03. The van der Waals surface area contributed by atoms with Gasteiger partial charge in [0.15, 0.2) is 0 Å². The molecule has 2 atom stereocenters. The molecule has 0 radical (unpaired) electrons. The van der Waals surface area contributed by atoms with Crippen LogP contribution >= 0.6 is 0 Å². The lowest BCUT2D eigenvalue weighted by Crippen LogP contribution is -2.53. The number of rotatable bonds is 6. The molecule has 1 fully saturated rings. The highest BCUT2D eigenvalue weighted by atomic mass is 16.5. The summed E-state index contributed by atoms with van der Waals surface area (Å²) >= 11 is 0. The molecule has 1 aliphatic rings. The molecule has 0 aromatic rings. The Bertz CT molecular complexity index is 261. The van der Waals surface area contributed by atoms with E-state index in [1.165, 1.54) is 7.11 Å². The zero-order valence-corrected chi connectivity index (χ0v) is 11.8. The minimum Gasteiger partial charge on any atom is -0.469 e. The van der Waals surface area contributed by atoms with Crippen molar-refractivity contribution >= 4 is 5.97 Å². The first-order valence-electron chi connectivity index (χ1n) is 6.78. The summed E-state index contributed by atoms with van der Waals surface area (Å²) in [5, 5.41) is 9.69. The molecule has 106 valence electrons. The maximum absolute atomic E-state index is 11.1. The fourth-order valence-corrected chi connectivity index (χ4v) is 2.30. The van der Waals surface area contributed by atoms with Crippen LogP contribution in [0.4, 0.5) is 0 Å². The monoisotopic (exact) mass is 258 g/mol. The maximum Gasteiger partial charge on any atom is 0.306 e. The van der Waals surface area contributed by atoms with E-state index >= 15 is 0 Å². The summed E-state index contributed by atoms with van der Waals surface area (Å²) in [5.74, 6) is -0.147. The molecule has 0 amide bonds. The van der Waals surface area contributed by atoms with Crippen molar-refractivity contribution in [3.8, 4) is 0 Å². The molecule has 5 heteroatoms. The molecule has 1 saturated heterocycles. The molecule has 1 N–H and O–H groups in total. The number of piperazine rings is 1. The summed E-state index contributed by atoms with van der Waals surface area (Å²) in [6, 6.07) is 0.428. The number of aliphatic hydroxyl groups is 1. The summed E-state index contributed by atoms with van der Waals surface area (Å²) in [6.07, 6.45) is 1.03. The Balaban J connectivity index is 2.29. The number of hydrogen-bond acceptors (Lipinski definition) is 5. The van der Waals surface area contributed by atoms with Gasteiger partial charge in [0.25, 0.3) is 0 Å². The Hall–Kier alpha value is -0.650. The van der Waals surface area contributed by atoms with E-state index < -0.39 is 0 Å². The average Bonchev–Trinajstić information content (AvgIpc) is 2.38. The van der Waals surface area contributed by atoms with E-state index in [9.17, 15) is 9.90 Å². The van der Waals surface area contributed by atoms with Crippen molar-refractivity contribution in [1.82, 2.24) is 9.80 Å². The molecule has 0 aromatic carbocycles. The van der Waals surface area contributed by atoms with Crippen LogP contribution in [0.15, 0.2) is 0 Å². The van der Waals surface area contributed by atoms with Crippen molar-refractivity contribution in [3.63, 3.8) is 0 Å². The number of hydrogen-bond donors (Lipinski definition) is 1. The van der Waals surface area contributed by atoms with Crippen LogP contribution in [0.2, 0.25) is 0 Å². The molecule has 0 aromatic heterocycles. The standard InChI is InChI=1S/C13H26N2O3/c1-4-12(16)10-15-8-7-14(9-11(15)2)6-5-13(17)18-3/h11-12,16H,4-10H2,1-3H3/t11?,12-/m1/s1. The lowest BCUT2D eigenvalue weighted by molar-refractivity contribution is -0.141. The molecule has 1 rings (SSSR count). The van der Waals surface area contributed by atoms with Crippen molar-refractivity contribution in [2.75, 3.05) is 39.8 Å². The molecule has 0 aliphatic carbocycles. The third-order valence-electron chi connectivity index (χ3n) is 3.63. The Morgan fingerprint density at radius 3 is 2.78 bits per heavy atom. The summed E-state index contributed by atoms with van der Waals surface area (Å²) in [4.78, 5) is 15.7. The smallest absolute Gasteiger partial charge is 0.306 e. The van der Waals surface area contributed by atoms with Gasteiger partial charge in [0.05, 0.1) is 19.6 Å². The van der Waals surface area contributed by atoms with Gasteiger partial charge in [-0.2, -0.15) is 0 Å². The molecule has 0 bridgehead atoms. The second-order valence-corrected chi connectivity index (χ2v) is 5.03. The second kappa shape index (κ2) is 7.71. The molecular formula is C13H26N2O3. The van der Waals surface area contributed by atoms with Crippen LogP contribution in [0.3, 0.4) is 0 Å². The Morgan fingerprint density at radius 2 is 2.22 bits per heavy atom. The highest BCUT2D eigenvalue weighted by molar-refractivity contribution is 5.69. The zero-order chi connectivity index (χ0) is 13.5. The van der Waals surface area contributed by atoms with E-state index in [0.717, 1.165) is 39.1 Å². The number of nitrogens with zero attached hydrogens (tertiary/aromatic N) is 2. The fourth-order valence-electron chi connectivity index (χ4n) is 2.30. The average molecular weight is 258 g/mol. The minimum atomic E-state index is -0.228. The van der Waals surface area contributed by atoms with E-state index in [1.807, 2.05) is 6.92 Å². The number of aliphatic hydroxyl groups excluding tert-OH is 1. The first-order chi connectivity index (χ1) is 8.56. The first kappa shape index (κ1) is 15.4.